The minimum Gasteiger partial charge on any atom is -0.430 e. The molecule has 0 bridgehead atoms. The molecule has 1 aliphatic carbocycles. The third kappa shape index (κ3) is 4.90. The van der Waals surface area contributed by atoms with Gasteiger partial charge in [0.25, 0.3) is 0 Å². The highest BCUT2D eigenvalue weighted by Gasteiger charge is 2.28. The predicted octanol–water partition coefficient (Wildman–Crippen LogP) is 2.67. The van der Waals surface area contributed by atoms with Gasteiger partial charge < -0.3 is 18.9 Å². The second-order valence-corrected chi connectivity index (χ2v) is 3.74. The van der Waals surface area contributed by atoms with E-state index in [-0.39, 0.29) is 6.42 Å². The molecule has 1 aliphatic rings. The summed E-state index contributed by atoms with van der Waals surface area (Å²) in [6.07, 6.45) is 6.41. The molecule has 0 amide bonds. The molecule has 6 nitrogen and oxygen atoms in total. The number of carbonyl (C=O) groups excluding carboxylic acids is 2. The Balaban J connectivity index is 2.65. The quantitative estimate of drug-likeness (QED) is 0.447. The van der Waals surface area contributed by atoms with Crippen LogP contribution in [0.2, 0.25) is 0 Å². The van der Waals surface area contributed by atoms with Gasteiger partial charge in [0.2, 0.25) is 0 Å². The number of rotatable bonds is 4. The van der Waals surface area contributed by atoms with Crippen LogP contribution in [-0.4, -0.2) is 24.5 Å². The summed E-state index contributed by atoms with van der Waals surface area (Å²) in [6.45, 7) is 6.47. The maximum absolute atomic E-state index is 11.2. The molecule has 106 valence electrons. The maximum Gasteiger partial charge on any atom is 0.513 e. The first-order valence-corrected chi connectivity index (χ1v) is 5.72. The Morgan fingerprint density at radius 1 is 1.25 bits per heavy atom. The lowest BCUT2D eigenvalue weighted by Gasteiger charge is -2.25. The Morgan fingerprint density at radius 2 is 1.85 bits per heavy atom. The molecule has 0 heterocycles. The van der Waals surface area contributed by atoms with Gasteiger partial charge in [0, 0.05) is 18.4 Å². The van der Waals surface area contributed by atoms with E-state index in [0.29, 0.717) is 12.0 Å². The average Bonchev–Trinajstić information content (AvgIpc) is 2.38. The fourth-order valence-corrected chi connectivity index (χ4v) is 1.68. The summed E-state index contributed by atoms with van der Waals surface area (Å²) < 4.78 is 18.9. The van der Waals surface area contributed by atoms with Crippen molar-refractivity contribution in [1.82, 2.24) is 0 Å². The van der Waals surface area contributed by atoms with Crippen LogP contribution >= 0.6 is 0 Å². The molecule has 0 aromatic rings. The molecule has 0 aromatic carbocycles. The van der Waals surface area contributed by atoms with Gasteiger partial charge >= 0.3 is 12.3 Å². The molecule has 0 fully saturated rings. The van der Waals surface area contributed by atoms with Crippen molar-refractivity contribution in [2.45, 2.75) is 25.0 Å². The largest absolute Gasteiger partial charge is 0.513 e. The molecule has 0 spiro atoms. The summed E-state index contributed by atoms with van der Waals surface area (Å²) in [7, 11) is 0. The van der Waals surface area contributed by atoms with E-state index in [4.69, 9.17) is 15.9 Å². The van der Waals surface area contributed by atoms with Gasteiger partial charge in [-0.3, -0.25) is 0 Å². The minimum absolute atomic E-state index is 0.254. The van der Waals surface area contributed by atoms with Crippen LogP contribution in [0, 0.1) is 12.3 Å². The van der Waals surface area contributed by atoms with Crippen LogP contribution in [-0.2, 0) is 18.9 Å². The molecule has 0 radical (unpaired) electrons. The summed E-state index contributed by atoms with van der Waals surface area (Å²) >= 11 is 0. The summed E-state index contributed by atoms with van der Waals surface area (Å²) in [5.74, 6) is 2.43. The van der Waals surface area contributed by atoms with Crippen molar-refractivity contribution in [3.05, 3.63) is 37.3 Å². The maximum atomic E-state index is 11.2. The van der Waals surface area contributed by atoms with Gasteiger partial charge in [-0.2, -0.15) is 0 Å². The molecule has 0 saturated carbocycles. The third-order valence-electron chi connectivity index (χ3n) is 2.38. The van der Waals surface area contributed by atoms with Gasteiger partial charge in [0.15, 0.2) is 0 Å². The van der Waals surface area contributed by atoms with Gasteiger partial charge in [-0.25, -0.2) is 9.59 Å². The van der Waals surface area contributed by atoms with Crippen molar-refractivity contribution in [3.63, 3.8) is 0 Å². The Bertz CT molecular complexity index is 471. The van der Waals surface area contributed by atoms with Crippen molar-refractivity contribution in [1.29, 1.82) is 0 Å². The van der Waals surface area contributed by atoms with Gasteiger partial charge in [-0.05, 0) is 6.08 Å². The van der Waals surface area contributed by atoms with Crippen LogP contribution in [0.5, 0.6) is 0 Å². The molecule has 0 aliphatic heterocycles. The number of carbonyl (C=O) groups is 2. The Labute approximate surface area is 116 Å². The molecule has 0 saturated heterocycles. The lowest BCUT2D eigenvalue weighted by atomic mass is 9.95. The minimum atomic E-state index is -0.910. The highest BCUT2D eigenvalue weighted by atomic mass is 16.7. The third-order valence-corrected chi connectivity index (χ3v) is 2.38. The van der Waals surface area contributed by atoms with E-state index in [1.165, 1.54) is 0 Å². The first-order valence-electron chi connectivity index (χ1n) is 5.72. The monoisotopic (exact) mass is 278 g/mol. The smallest absolute Gasteiger partial charge is 0.430 e. The second kappa shape index (κ2) is 7.69. The summed E-state index contributed by atoms with van der Waals surface area (Å²) in [5.41, 5.74) is 0.559. The van der Waals surface area contributed by atoms with Crippen molar-refractivity contribution in [3.8, 4) is 12.3 Å². The van der Waals surface area contributed by atoms with Crippen LogP contribution in [0.1, 0.15) is 12.8 Å². The van der Waals surface area contributed by atoms with Gasteiger partial charge in [0.05, 0.1) is 12.5 Å². The molecule has 0 unspecified atom stereocenters. The second-order valence-electron chi connectivity index (χ2n) is 3.74. The highest BCUT2D eigenvalue weighted by molar-refractivity contribution is 5.62. The highest BCUT2D eigenvalue weighted by Crippen LogP contribution is 2.23. The fourth-order valence-electron chi connectivity index (χ4n) is 1.68. The van der Waals surface area contributed by atoms with Gasteiger partial charge in [-0.1, -0.05) is 19.1 Å². The van der Waals surface area contributed by atoms with Crippen molar-refractivity contribution in [2.24, 2.45) is 0 Å². The zero-order valence-electron chi connectivity index (χ0n) is 10.7. The summed E-state index contributed by atoms with van der Waals surface area (Å²) in [4.78, 5) is 22.4. The first kappa shape index (κ1) is 15.4. The lowest BCUT2D eigenvalue weighted by Crippen LogP contribution is -2.30. The van der Waals surface area contributed by atoms with Crippen LogP contribution < -0.4 is 0 Å². The number of ether oxygens (including phenoxy) is 4. The zero-order chi connectivity index (χ0) is 15.0. The Kier molecular flexibility index (Phi) is 5.91. The van der Waals surface area contributed by atoms with Crippen LogP contribution in [0.4, 0.5) is 9.59 Å². The van der Waals surface area contributed by atoms with E-state index in [2.05, 4.69) is 28.6 Å². The molecular weight excluding hydrogens is 264 g/mol. The summed E-state index contributed by atoms with van der Waals surface area (Å²) in [6, 6.07) is 0. The van der Waals surface area contributed by atoms with Gasteiger partial charge in [-0.15, -0.1) is 6.42 Å². The molecular formula is C14H14O6. The molecule has 6 heteroatoms. The van der Waals surface area contributed by atoms with E-state index >= 15 is 0 Å². The standard InChI is InChI=1S/C14H14O6/c1-4-10-7-11(19-13(15)17-5-2)9-12(8-10)20-14(16)18-6-3/h1,5-7,11-12H,2-3,8-9H2/t11-,12-/m1/s1. The topological polar surface area (TPSA) is 71.1 Å². The first-order chi connectivity index (χ1) is 9.58. The SMILES string of the molecule is C#CC1=C[C@@H](OC(=O)OC=C)C[C@H](OC(=O)OC=C)C1. The van der Waals surface area contributed by atoms with E-state index < -0.39 is 24.5 Å². The molecule has 0 N–H and O–H groups in total. The predicted molar refractivity (Wildman–Crippen MR) is 69.3 cm³/mol. The number of hydrogen-bond donors (Lipinski definition) is 0. The van der Waals surface area contributed by atoms with E-state index in [9.17, 15) is 9.59 Å². The van der Waals surface area contributed by atoms with Gasteiger partial charge in [0.1, 0.15) is 12.2 Å². The average molecular weight is 278 g/mol. The van der Waals surface area contributed by atoms with Crippen LogP contribution in [0.25, 0.3) is 0 Å². The molecule has 1 rings (SSSR count). The Hall–Kier alpha value is -2.68. The van der Waals surface area contributed by atoms with Crippen molar-refractivity contribution in [2.75, 3.05) is 0 Å². The normalized spacial score (nSPS) is 20.6. The Morgan fingerprint density at radius 3 is 2.40 bits per heavy atom. The van der Waals surface area contributed by atoms with Crippen molar-refractivity contribution >= 4 is 12.3 Å². The number of terminal acetylenes is 1. The molecule has 0 aromatic heterocycles. The zero-order valence-corrected chi connectivity index (χ0v) is 10.7. The van der Waals surface area contributed by atoms with E-state index in [1.807, 2.05) is 0 Å². The van der Waals surface area contributed by atoms with Crippen LogP contribution in [0.3, 0.4) is 0 Å². The number of hydrogen-bond acceptors (Lipinski definition) is 6. The molecule has 20 heavy (non-hydrogen) atoms. The summed E-state index contributed by atoms with van der Waals surface area (Å²) in [5, 5.41) is 0. The fraction of sp³-hybridized carbons (Fsp3) is 0.286. The lowest BCUT2D eigenvalue weighted by molar-refractivity contribution is 0.00900. The molecule has 2 atom stereocenters. The van der Waals surface area contributed by atoms with Crippen molar-refractivity contribution < 1.29 is 28.5 Å². The van der Waals surface area contributed by atoms with Crippen LogP contribution in [0.15, 0.2) is 37.3 Å². The van der Waals surface area contributed by atoms with E-state index in [1.54, 1.807) is 6.08 Å². The van der Waals surface area contributed by atoms with E-state index in [0.717, 1.165) is 12.5 Å².